The topological polar surface area (TPSA) is 29.1 Å². The average molecular weight is 293 g/mol. The number of ketones is 1. The van der Waals surface area contributed by atoms with Crippen LogP contribution in [0.2, 0.25) is 0 Å². The second-order valence-electron chi connectivity index (χ2n) is 5.93. The summed E-state index contributed by atoms with van der Waals surface area (Å²) in [7, 11) is 0. The van der Waals surface area contributed by atoms with Crippen molar-refractivity contribution in [3.8, 4) is 0 Å². The summed E-state index contributed by atoms with van der Waals surface area (Å²) in [6, 6.07) is 10.2. The lowest BCUT2D eigenvalue weighted by Crippen LogP contribution is -2.01. The van der Waals surface area contributed by atoms with Crippen molar-refractivity contribution in [2.45, 2.75) is 34.6 Å². The van der Waals surface area contributed by atoms with Crippen LogP contribution in [0.5, 0.6) is 0 Å². The highest BCUT2D eigenvalue weighted by Gasteiger charge is 2.06. The predicted molar refractivity (Wildman–Crippen MR) is 93.7 cm³/mol. The Bertz CT molecular complexity index is 718. The molecule has 0 heterocycles. The van der Waals surface area contributed by atoms with Gasteiger partial charge in [0.2, 0.25) is 0 Å². The number of carbonyl (C=O) groups is 1. The van der Waals surface area contributed by atoms with Crippen LogP contribution in [0.3, 0.4) is 0 Å². The van der Waals surface area contributed by atoms with Gasteiger partial charge in [-0.1, -0.05) is 35.4 Å². The fraction of sp³-hybridized carbons (Fsp3) is 0.250. The molecule has 2 heteroatoms. The van der Waals surface area contributed by atoms with Gasteiger partial charge in [-0.05, 0) is 57.4 Å². The normalized spacial score (nSPS) is 11.0. The molecule has 0 saturated heterocycles. The highest BCUT2D eigenvalue weighted by molar-refractivity contribution is 6.05. The molecule has 2 rings (SSSR count). The highest BCUT2D eigenvalue weighted by Crippen LogP contribution is 2.22. The van der Waals surface area contributed by atoms with Gasteiger partial charge in [-0.25, -0.2) is 0 Å². The average Bonchev–Trinajstić information content (AvgIpc) is 2.44. The first-order valence-corrected chi connectivity index (χ1v) is 7.51. The summed E-state index contributed by atoms with van der Waals surface area (Å²) in [4.78, 5) is 12.3. The fourth-order valence-electron chi connectivity index (χ4n) is 2.70. The summed E-state index contributed by atoms with van der Waals surface area (Å²) in [5.74, 6) is 0.0242. The smallest absolute Gasteiger partial charge is 0.187 e. The predicted octanol–water partition coefficient (Wildman–Crippen LogP) is 5.04. The molecule has 22 heavy (non-hydrogen) atoms. The van der Waals surface area contributed by atoms with E-state index in [-0.39, 0.29) is 5.78 Å². The molecule has 2 nitrogen and oxygen atoms in total. The molecule has 0 spiro atoms. The lowest BCUT2D eigenvalue weighted by molar-refractivity contribution is 0.104. The second kappa shape index (κ2) is 6.61. The Morgan fingerprint density at radius 2 is 1.50 bits per heavy atom. The van der Waals surface area contributed by atoms with E-state index < -0.39 is 0 Å². The fourth-order valence-corrected chi connectivity index (χ4v) is 2.70. The third-order valence-electron chi connectivity index (χ3n) is 3.80. The molecule has 0 aromatic heterocycles. The Balaban J connectivity index is 2.16. The summed E-state index contributed by atoms with van der Waals surface area (Å²) >= 11 is 0. The molecule has 0 radical (unpaired) electrons. The van der Waals surface area contributed by atoms with Crippen molar-refractivity contribution < 1.29 is 4.79 Å². The van der Waals surface area contributed by atoms with Crippen LogP contribution in [0, 0.1) is 34.6 Å². The summed E-state index contributed by atoms with van der Waals surface area (Å²) < 4.78 is 0. The van der Waals surface area contributed by atoms with Gasteiger partial charge >= 0.3 is 0 Å². The molecule has 0 amide bonds. The van der Waals surface area contributed by atoms with E-state index >= 15 is 0 Å². The van der Waals surface area contributed by atoms with E-state index in [1.54, 1.807) is 12.3 Å². The second-order valence-corrected chi connectivity index (χ2v) is 5.93. The molecule has 0 unspecified atom stereocenters. The Morgan fingerprint density at radius 3 is 2.14 bits per heavy atom. The summed E-state index contributed by atoms with van der Waals surface area (Å²) in [6.07, 6.45) is 3.33. The largest absolute Gasteiger partial charge is 0.361 e. The Kier molecular flexibility index (Phi) is 4.81. The standard InChI is InChI=1S/C20H23NO/c1-13-6-7-15(3)18(12-13)19(22)8-9-21-20-16(4)10-14(2)11-17(20)5/h6-12,21H,1-5H3/b9-8+. The molecule has 0 aliphatic heterocycles. The van der Waals surface area contributed by atoms with Gasteiger partial charge in [0, 0.05) is 23.5 Å². The Morgan fingerprint density at radius 1 is 0.864 bits per heavy atom. The van der Waals surface area contributed by atoms with Crippen molar-refractivity contribution in [3.05, 3.63) is 76.0 Å². The number of nitrogens with one attached hydrogen (secondary N) is 1. The van der Waals surface area contributed by atoms with Crippen molar-refractivity contribution in [3.63, 3.8) is 0 Å². The van der Waals surface area contributed by atoms with Crippen LogP contribution in [-0.4, -0.2) is 5.78 Å². The number of anilines is 1. The van der Waals surface area contributed by atoms with Gasteiger partial charge in [-0.2, -0.15) is 0 Å². The molecule has 0 bridgehead atoms. The van der Waals surface area contributed by atoms with Crippen molar-refractivity contribution in [2.75, 3.05) is 5.32 Å². The van der Waals surface area contributed by atoms with E-state index in [0.29, 0.717) is 0 Å². The van der Waals surface area contributed by atoms with Crippen LogP contribution in [-0.2, 0) is 0 Å². The molecule has 0 fully saturated rings. The number of aryl methyl sites for hydroxylation is 5. The van der Waals surface area contributed by atoms with Gasteiger partial charge in [0.25, 0.3) is 0 Å². The van der Waals surface area contributed by atoms with Crippen LogP contribution in [0.25, 0.3) is 0 Å². The van der Waals surface area contributed by atoms with Crippen LogP contribution >= 0.6 is 0 Å². The minimum absolute atomic E-state index is 0.0242. The molecular formula is C20H23NO. The monoisotopic (exact) mass is 293 g/mol. The first-order valence-electron chi connectivity index (χ1n) is 7.51. The maximum atomic E-state index is 12.3. The summed E-state index contributed by atoms with van der Waals surface area (Å²) in [5, 5.41) is 3.24. The van der Waals surface area contributed by atoms with Crippen molar-refractivity contribution in [1.82, 2.24) is 0 Å². The number of rotatable bonds is 4. The molecule has 0 atom stereocenters. The number of allylic oxidation sites excluding steroid dienone is 1. The SMILES string of the molecule is Cc1cc(C)c(N/C=C/C(=O)c2cc(C)ccc2C)c(C)c1. The first kappa shape index (κ1) is 16.0. The number of hydrogen-bond acceptors (Lipinski definition) is 2. The van der Waals surface area contributed by atoms with E-state index in [0.717, 1.165) is 22.4 Å². The zero-order chi connectivity index (χ0) is 16.3. The van der Waals surface area contributed by atoms with Crippen molar-refractivity contribution in [1.29, 1.82) is 0 Å². The zero-order valence-electron chi connectivity index (χ0n) is 13.9. The van der Waals surface area contributed by atoms with E-state index in [4.69, 9.17) is 0 Å². The maximum Gasteiger partial charge on any atom is 0.187 e. The van der Waals surface area contributed by atoms with Gasteiger partial charge in [0.1, 0.15) is 0 Å². The molecule has 2 aromatic rings. The minimum atomic E-state index is 0.0242. The lowest BCUT2D eigenvalue weighted by atomic mass is 10.0. The van der Waals surface area contributed by atoms with Gasteiger partial charge < -0.3 is 5.32 Å². The third-order valence-corrected chi connectivity index (χ3v) is 3.80. The summed E-state index contributed by atoms with van der Waals surface area (Å²) in [5.41, 5.74) is 7.54. The lowest BCUT2D eigenvalue weighted by Gasteiger charge is -2.10. The summed E-state index contributed by atoms with van der Waals surface area (Å²) in [6.45, 7) is 10.2. The maximum absolute atomic E-state index is 12.3. The van der Waals surface area contributed by atoms with Crippen LogP contribution < -0.4 is 5.32 Å². The molecular weight excluding hydrogens is 270 g/mol. The molecule has 0 saturated carbocycles. The van der Waals surface area contributed by atoms with Crippen molar-refractivity contribution >= 4 is 11.5 Å². The van der Waals surface area contributed by atoms with E-state index in [9.17, 15) is 4.79 Å². The Labute approximate surface area is 132 Å². The quantitative estimate of drug-likeness (QED) is 0.632. The van der Waals surface area contributed by atoms with Crippen molar-refractivity contribution in [2.24, 2.45) is 0 Å². The zero-order valence-corrected chi connectivity index (χ0v) is 13.9. The van der Waals surface area contributed by atoms with E-state index in [1.165, 1.54) is 16.7 Å². The molecule has 114 valence electrons. The minimum Gasteiger partial charge on any atom is -0.361 e. The molecule has 2 aromatic carbocycles. The Hall–Kier alpha value is -2.35. The number of carbonyl (C=O) groups excluding carboxylic acids is 1. The van der Waals surface area contributed by atoms with Crippen LogP contribution in [0.15, 0.2) is 42.6 Å². The molecule has 0 aliphatic rings. The van der Waals surface area contributed by atoms with Gasteiger partial charge in [-0.3, -0.25) is 4.79 Å². The third kappa shape index (κ3) is 3.64. The molecule has 1 N–H and O–H groups in total. The van der Waals surface area contributed by atoms with E-state index in [1.807, 2.05) is 32.0 Å². The van der Waals surface area contributed by atoms with Gasteiger partial charge in [0.15, 0.2) is 5.78 Å². The number of benzene rings is 2. The van der Waals surface area contributed by atoms with Gasteiger partial charge in [-0.15, -0.1) is 0 Å². The highest BCUT2D eigenvalue weighted by atomic mass is 16.1. The molecule has 0 aliphatic carbocycles. The van der Waals surface area contributed by atoms with Gasteiger partial charge in [0.05, 0.1) is 0 Å². The number of hydrogen-bond donors (Lipinski definition) is 1. The van der Waals surface area contributed by atoms with Crippen LogP contribution in [0.1, 0.15) is 38.2 Å². The van der Waals surface area contributed by atoms with E-state index in [2.05, 4.69) is 38.2 Å². The first-order chi connectivity index (χ1) is 10.4. The van der Waals surface area contributed by atoms with Crippen LogP contribution in [0.4, 0.5) is 5.69 Å².